The molecule has 21 heavy (non-hydrogen) atoms. The summed E-state index contributed by atoms with van der Waals surface area (Å²) >= 11 is 0. The molecule has 0 aliphatic heterocycles. The Kier molecular flexibility index (Phi) is 2.79. The fourth-order valence-corrected chi connectivity index (χ4v) is 6.60. The van der Waals surface area contributed by atoms with Crippen LogP contribution in [-0.4, -0.2) is 0 Å². The van der Waals surface area contributed by atoms with Gasteiger partial charge in [-0.1, -0.05) is 24.1 Å². The number of rotatable bonds is 1. The van der Waals surface area contributed by atoms with Gasteiger partial charge in [0.25, 0.3) is 0 Å². The fraction of sp³-hybridized carbons (Fsp3) is 0.714. The van der Waals surface area contributed by atoms with Crippen LogP contribution < -0.4 is 0 Å². The van der Waals surface area contributed by atoms with Crippen molar-refractivity contribution < 1.29 is 0 Å². The van der Waals surface area contributed by atoms with E-state index in [2.05, 4.69) is 18.2 Å². The molecule has 0 N–H and O–H groups in total. The molecule has 111 valence electrons. The monoisotopic (exact) mass is 279 g/mol. The van der Waals surface area contributed by atoms with Crippen LogP contribution in [0.1, 0.15) is 70.6 Å². The molecule has 0 aromatic carbocycles. The molecule has 0 spiro atoms. The van der Waals surface area contributed by atoms with Gasteiger partial charge in [-0.05, 0) is 105 Å². The highest BCUT2D eigenvalue weighted by atomic mass is 14.6. The van der Waals surface area contributed by atoms with E-state index in [1.165, 1.54) is 56.9 Å². The molecule has 0 aromatic rings. The van der Waals surface area contributed by atoms with Crippen molar-refractivity contribution in [1.29, 1.82) is 0 Å². The summed E-state index contributed by atoms with van der Waals surface area (Å²) in [7, 11) is 0. The predicted molar refractivity (Wildman–Crippen MR) is 86.6 cm³/mol. The van der Waals surface area contributed by atoms with E-state index in [4.69, 9.17) is 0 Å². The van der Waals surface area contributed by atoms with Crippen molar-refractivity contribution >= 4 is 0 Å². The molecule has 0 saturated heterocycles. The van der Waals surface area contributed by atoms with Crippen LogP contribution in [0.3, 0.4) is 0 Å². The van der Waals surface area contributed by atoms with Gasteiger partial charge in [0.15, 0.2) is 0 Å². The highest BCUT2D eigenvalue weighted by molar-refractivity contribution is 5.48. The van der Waals surface area contributed by atoms with Crippen LogP contribution in [0.25, 0.3) is 0 Å². The third kappa shape index (κ3) is 2.01. The lowest BCUT2D eigenvalue weighted by Crippen LogP contribution is -2.46. The topological polar surface area (TPSA) is 0 Å². The van der Waals surface area contributed by atoms with E-state index in [0.717, 1.165) is 17.8 Å². The molecule has 0 unspecified atom stereocenters. The van der Waals surface area contributed by atoms with Crippen molar-refractivity contribution in [2.45, 2.75) is 70.6 Å². The van der Waals surface area contributed by atoms with Gasteiger partial charge in [0.05, 0.1) is 0 Å². The Labute approximate surface area is 129 Å². The molecule has 0 aromatic heterocycles. The van der Waals surface area contributed by atoms with Gasteiger partial charge >= 0.3 is 0 Å². The molecule has 6 aliphatic rings. The Bertz CT molecular complexity index is 499. The van der Waals surface area contributed by atoms with E-state index in [1.807, 2.05) is 0 Å². The molecule has 6 rings (SSSR count). The van der Waals surface area contributed by atoms with Crippen molar-refractivity contribution in [1.82, 2.24) is 0 Å². The molecular weight excluding hydrogens is 252 g/mol. The minimum atomic E-state index is 0.544. The lowest BCUT2D eigenvalue weighted by atomic mass is 9.48. The molecule has 6 aliphatic carbocycles. The first-order valence-corrected chi connectivity index (χ1v) is 9.35. The van der Waals surface area contributed by atoms with E-state index < -0.39 is 0 Å². The first-order chi connectivity index (χ1) is 10.3. The van der Waals surface area contributed by atoms with Gasteiger partial charge in [0.1, 0.15) is 0 Å². The molecule has 0 heterocycles. The van der Waals surface area contributed by atoms with Crippen molar-refractivity contribution in [2.75, 3.05) is 0 Å². The molecule has 0 heteroatoms. The van der Waals surface area contributed by atoms with E-state index in [-0.39, 0.29) is 0 Å². The largest absolute Gasteiger partial charge is 0.0623 e. The lowest BCUT2D eigenvalue weighted by Gasteiger charge is -2.57. The maximum Gasteiger partial charge on any atom is -0.00327 e. The highest BCUT2D eigenvalue weighted by Gasteiger charge is 2.52. The van der Waals surface area contributed by atoms with Crippen LogP contribution in [0.5, 0.6) is 0 Å². The maximum absolute atomic E-state index is 3.90. The smallest absolute Gasteiger partial charge is 0.00327 e. The Hall–Kier alpha value is -0.780. The average Bonchev–Trinajstić information content (AvgIpc) is 2.97. The molecule has 0 atom stereocenters. The first-order valence-electron chi connectivity index (χ1n) is 9.35. The molecule has 0 nitrogen and oxygen atoms in total. The van der Waals surface area contributed by atoms with Crippen LogP contribution in [0.2, 0.25) is 0 Å². The van der Waals surface area contributed by atoms with Gasteiger partial charge in [-0.25, -0.2) is 0 Å². The van der Waals surface area contributed by atoms with Gasteiger partial charge in [0.2, 0.25) is 0 Å². The van der Waals surface area contributed by atoms with Gasteiger partial charge in [-0.2, -0.15) is 0 Å². The maximum atomic E-state index is 3.90. The zero-order valence-electron chi connectivity index (χ0n) is 13.2. The van der Waals surface area contributed by atoms with Crippen molar-refractivity contribution in [3.05, 3.63) is 34.9 Å². The second kappa shape index (κ2) is 4.61. The lowest BCUT2D eigenvalue weighted by molar-refractivity contribution is -0.0286. The van der Waals surface area contributed by atoms with Gasteiger partial charge in [-0.15, -0.1) is 0 Å². The number of allylic oxidation sites excluding steroid dienone is 6. The first kappa shape index (κ1) is 12.7. The van der Waals surface area contributed by atoms with E-state index in [1.54, 1.807) is 30.4 Å². The van der Waals surface area contributed by atoms with Gasteiger partial charge in [0, 0.05) is 0 Å². The molecular formula is C21H27. The normalized spacial score (nSPS) is 44.6. The summed E-state index contributed by atoms with van der Waals surface area (Å²) in [5.41, 5.74) is 5.34. The van der Waals surface area contributed by atoms with Crippen LogP contribution in [0, 0.1) is 29.2 Å². The van der Waals surface area contributed by atoms with Gasteiger partial charge < -0.3 is 0 Å². The molecule has 5 fully saturated rings. The molecule has 4 bridgehead atoms. The Morgan fingerprint density at radius 3 is 2.05 bits per heavy atom. The Balaban J connectivity index is 1.47. The quantitative estimate of drug-likeness (QED) is 0.572. The summed E-state index contributed by atoms with van der Waals surface area (Å²) in [5.74, 6) is 3.14. The third-order valence-electron chi connectivity index (χ3n) is 7.13. The minimum absolute atomic E-state index is 0.544. The zero-order valence-corrected chi connectivity index (χ0v) is 13.2. The van der Waals surface area contributed by atoms with Crippen molar-refractivity contribution in [3.8, 4) is 0 Å². The van der Waals surface area contributed by atoms with Crippen LogP contribution in [-0.2, 0) is 0 Å². The minimum Gasteiger partial charge on any atom is -0.0623 e. The summed E-state index contributed by atoms with van der Waals surface area (Å²) in [6.45, 7) is 0. The highest BCUT2D eigenvalue weighted by Crippen LogP contribution is 2.63. The van der Waals surface area contributed by atoms with Crippen molar-refractivity contribution in [2.24, 2.45) is 23.2 Å². The zero-order chi connectivity index (χ0) is 13.9. The Morgan fingerprint density at radius 2 is 1.43 bits per heavy atom. The Morgan fingerprint density at radius 1 is 0.810 bits per heavy atom. The standard InChI is InChI=1S/C21H27/c1-2-4-18(5-3-1)19-6-7-20(11-19)21-12-15-8-16(13-21)10-17(9-15)14-21/h6-7,15-17H,1-5,8-10,12-14H2. The van der Waals surface area contributed by atoms with Crippen LogP contribution >= 0.6 is 0 Å². The van der Waals surface area contributed by atoms with Crippen LogP contribution in [0.15, 0.2) is 28.9 Å². The average molecular weight is 279 g/mol. The summed E-state index contributed by atoms with van der Waals surface area (Å²) in [6, 6.07) is 0. The molecule has 5 saturated carbocycles. The van der Waals surface area contributed by atoms with E-state index in [9.17, 15) is 0 Å². The molecule has 0 amide bonds. The summed E-state index contributed by atoms with van der Waals surface area (Å²) in [5, 5.41) is 0. The van der Waals surface area contributed by atoms with Crippen LogP contribution in [0.4, 0.5) is 0 Å². The second-order valence-electron chi connectivity index (χ2n) is 8.65. The summed E-state index contributed by atoms with van der Waals surface area (Å²) in [4.78, 5) is 0. The fourth-order valence-electron chi connectivity index (χ4n) is 6.60. The third-order valence-corrected chi connectivity index (χ3v) is 7.13. The second-order valence-corrected chi connectivity index (χ2v) is 8.65. The molecule has 1 radical (unpaired) electrons. The summed E-state index contributed by atoms with van der Waals surface area (Å²) < 4.78 is 0. The SMILES string of the molecule is [C]1=C(C23CC4CC(CC(C4)C2)C3)C=CC1=C1CCCCC1. The summed E-state index contributed by atoms with van der Waals surface area (Å²) in [6.07, 6.45) is 24.8. The van der Waals surface area contributed by atoms with Crippen molar-refractivity contribution in [3.63, 3.8) is 0 Å². The van der Waals surface area contributed by atoms with Gasteiger partial charge in [-0.3, -0.25) is 0 Å². The number of hydrogen-bond donors (Lipinski definition) is 0. The van der Waals surface area contributed by atoms with E-state index >= 15 is 0 Å². The van der Waals surface area contributed by atoms with E-state index in [0.29, 0.717) is 5.41 Å². The predicted octanol–water partition coefficient (Wildman–Crippen LogP) is 5.76. The number of hydrogen-bond acceptors (Lipinski definition) is 0.